The van der Waals surface area contributed by atoms with Crippen LogP contribution < -0.4 is 10.2 Å². The lowest BCUT2D eigenvalue weighted by Gasteiger charge is -2.35. The van der Waals surface area contributed by atoms with Crippen LogP contribution in [0.25, 0.3) is 0 Å². The number of carbonyl (C=O) groups excluding carboxylic acids is 1. The molecule has 25 heavy (non-hydrogen) atoms. The number of nitrogens with zero attached hydrogens (tertiary/aromatic N) is 3. The minimum absolute atomic E-state index is 0.255. The number of piperazine rings is 1. The van der Waals surface area contributed by atoms with E-state index >= 15 is 0 Å². The molecule has 1 aliphatic rings. The lowest BCUT2D eigenvalue weighted by molar-refractivity contribution is 0.102. The van der Waals surface area contributed by atoms with Crippen LogP contribution in [0, 0.1) is 6.92 Å². The molecule has 1 aromatic carbocycles. The molecule has 0 spiro atoms. The van der Waals surface area contributed by atoms with Gasteiger partial charge in [-0.1, -0.05) is 18.5 Å². The fraction of sp³-hybridized carbons (Fsp3) is 0.368. The topological polar surface area (TPSA) is 48.5 Å². The number of halogens is 1. The van der Waals surface area contributed by atoms with Crippen molar-refractivity contribution >= 4 is 28.9 Å². The van der Waals surface area contributed by atoms with Crippen molar-refractivity contribution in [1.82, 2.24) is 9.88 Å². The van der Waals surface area contributed by atoms with Gasteiger partial charge in [0.2, 0.25) is 0 Å². The van der Waals surface area contributed by atoms with E-state index in [4.69, 9.17) is 11.6 Å². The molecular weight excluding hydrogens is 336 g/mol. The molecule has 0 saturated carbocycles. The summed E-state index contributed by atoms with van der Waals surface area (Å²) < 4.78 is 0. The maximum atomic E-state index is 12.3. The number of carbonyl (C=O) groups is 1. The van der Waals surface area contributed by atoms with E-state index < -0.39 is 0 Å². The number of aromatic nitrogens is 1. The SMILES string of the molecule is CCN1CCN(c2ccc(NC(=O)c3cc(Cl)ccn3)c(C)c2)CC1. The predicted molar refractivity (Wildman–Crippen MR) is 103 cm³/mol. The first kappa shape index (κ1) is 17.7. The van der Waals surface area contributed by atoms with Crippen LogP contribution in [0.2, 0.25) is 5.02 Å². The van der Waals surface area contributed by atoms with Crippen molar-refractivity contribution < 1.29 is 4.79 Å². The Kier molecular flexibility index (Phi) is 5.56. The molecule has 1 aromatic heterocycles. The van der Waals surface area contributed by atoms with Crippen LogP contribution in [0.15, 0.2) is 36.5 Å². The van der Waals surface area contributed by atoms with Gasteiger partial charge < -0.3 is 15.1 Å². The summed E-state index contributed by atoms with van der Waals surface area (Å²) in [4.78, 5) is 21.2. The molecule has 1 fully saturated rings. The summed E-state index contributed by atoms with van der Waals surface area (Å²) in [6.07, 6.45) is 1.53. The maximum absolute atomic E-state index is 12.3. The lowest BCUT2D eigenvalue weighted by atomic mass is 10.1. The van der Waals surface area contributed by atoms with Crippen LogP contribution in [0.1, 0.15) is 23.0 Å². The number of nitrogens with one attached hydrogen (secondary N) is 1. The fourth-order valence-electron chi connectivity index (χ4n) is 3.02. The Labute approximate surface area is 153 Å². The molecular formula is C19H23ClN4O. The molecule has 1 aliphatic heterocycles. The van der Waals surface area contributed by atoms with Gasteiger partial charge in [0.05, 0.1) is 0 Å². The third-order valence-corrected chi connectivity index (χ3v) is 4.83. The van der Waals surface area contributed by atoms with Gasteiger partial charge in [-0.2, -0.15) is 0 Å². The Balaban J connectivity index is 1.69. The molecule has 6 heteroatoms. The Morgan fingerprint density at radius 2 is 1.96 bits per heavy atom. The number of hydrogen-bond acceptors (Lipinski definition) is 4. The molecule has 0 unspecified atom stereocenters. The maximum Gasteiger partial charge on any atom is 0.274 e. The summed E-state index contributed by atoms with van der Waals surface area (Å²) in [6, 6.07) is 9.36. The average molecular weight is 359 g/mol. The highest BCUT2D eigenvalue weighted by molar-refractivity contribution is 6.30. The van der Waals surface area contributed by atoms with Crippen LogP contribution >= 0.6 is 11.6 Å². The van der Waals surface area contributed by atoms with Crippen LogP contribution in [0.5, 0.6) is 0 Å². The first-order valence-electron chi connectivity index (χ1n) is 8.57. The summed E-state index contributed by atoms with van der Waals surface area (Å²) in [7, 11) is 0. The van der Waals surface area contributed by atoms with Crippen molar-refractivity contribution in [2.24, 2.45) is 0 Å². The van der Waals surface area contributed by atoms with Gasteiger partial charge in [0.15, 0.2) is 0 Å². The van der Waals surface area contributed by atoms with Gasteiger partial charge in [-0.05, 0) is 49.4 Å². The molecule has 5 nitrogen and oxygen atoms in total. The van der Waals surface area contributed by atoms with E-state index in [0.717, 1.165) is 44.0 Å². The molecule has 0 bridgehead atoms. The smallest absolute Gasteiger partial charge is 0.274 e. The summed E-state index contributed by atoms with van der Waals surface area (Å²) >= 11 is 5.92. The molecule has 0 radical (unpaired) electrons. The molecule has 3 rings (SSSR count). The number of rotatable bonds is 4. The number of amides is 1. The van der Waals surface area contributed by atoms with Crippen molar-refractivity contribution in [3.8, 4) is 0 Å². The largest absolute Gasteiger partial charge is 0.369 e. The molecule has 132 valence electrons. The quantitative estimate of drug-likeness (QED) is 0.909. The minimum atomic E-state index is -0.255. The second-order valence-electron chi connectivity index (χ2n) is 6.23. The monoisotopic (exact) mass is 358 g/mol. The third-order valence-electron chi connectivity index (χ3n) is 4.60. The molecule has 0 aliphatic carbocycles. The van der Waals surface area contributed by atoms with Gasteiger partial charge in [0, 0.05) is 48.8 Å². The van der Waals surface area contributed by atoms with Crippen molar-refractivity contribution in [3.63, 3.8) is 0 Å². The molecule has 2 heterocycles. The average Bonchev–Trinajstić information content (AvgIpc) is 2.63. The summed E-state index contributed by atoms with van der Waals surface area (Å²) in [5.74, 6) is -0.255. The zero-order chi connectivity index (χ0) is 17.8. The first-order chi connectivity index (χ1) is 12.1. The Morgan fingerprint density at radius 3 is 2.60 bits per heavy atom. The van der Waals surface area contributed by atoms with Gasteiger partial charge in [-0.3, -0.25) is 9.78 Å². The number of anilines is 2. The summed E-state index contributed by atoms with van der Waals surface area (Å²) in [5.41, 5.74) is 3.34. The Morgan fingerprint density at radius 1 is 1.20 bits per heavy atom. The van der Waals surface area contributed by atoms with Crippen molar-refractivity contribution in [1.29, 1.82) is 0 Å². The Bertz CT molecular complexity index is 757. The van der Waals surface area contributed by atoms with Gasteiger partial charge >= 0.3 is 0 Å². The van der Waals surface area contributed by atoms with E-state index in [1.807, 2.05) is 13.0 Å². The van der Waals surface area contributed by atoms with E-state index in [-0.39, 0.29) is 5.91 Å². The normalized spacial score (nSPS) is 15.2. The van der Waals surface area contributed by atoms with E-state index in [2.05, 4.69) is 39.2 Å². The van der Waals surface area contributed by atoms with Crippen LogP contribution in [-0.2, 0) is 0 Å². The van der Waals surface area contributed by atoms with Crippen LogP contribution in [0.4, 0.5) is 11.4 Å². The Hall–Kier alpha value is -2.11. The predicted octanol–water partition coefficient (Wildman–Crippen LogP) is 3.44. The first-order valence-corrected chi connectivity index (χ1v) is 8.95. The fourth-order valence-corrected chi connectivity index (χ4v) is 3.18. The third kappa shape index (κ3) is 4.30. The zero-order valence-corrected chi connectivity index (χ0v) is 15.4. The minimum Gasteiger partial charge on any atom is -0.369 e. The van der Waals surface area contributed by atoms with E-state index in [0.29, 0.717) is 10.7 Å². The number of hydrogen-bond donors (Lipinski definition) is 1. The van der Waals surface area contributed by atoms with Gasteiger partial charge in [-0.15, -0.1) is 0 Å². The van der Waals surface area contributed by atoms with Crippen LogP contribution in [0.3, 0.4) is 0 Å². The van der Waals surface area contributed by atoms with E-state index in [9.17, 15) is 4.79 Å². The molecule has 2 aromatic rings. The molecule has 1 N–H and O–H groups in total. The standard InChI is InChI=1S/C19H23ClN4O/c1-3-23-8-10-24(11-9-23)16-4-5-17(14(2)12-16)22-19(25)18-13-15(20)6-7-21-18/h4-7,12-13H,3,8-11H2,1-2H3,(H,22,25). The van der Waals surface area contributed by atoms with Gasteiger partial charge in [-0.25, -0.2) is 0 Å². The van der Waals surface area contributed by atoms with Crippen molar-refractivity contribution in [2.45, 2.75) is 13.8 Å². The highest BCUT2D eigenvalue weighted by Crippen LogP contribution is 2.24. The van der Waals surface area contributed by atoms with Gasteiger partial charge in [0.25, 0.3) is 5.91 Å². The number of pyridine rings is 1. The van der Waals surface area contributed by atoms with Gasteiger partial charge in [0.1, 0.15) is 5.69 Å². The van der Waals surface area contributed by atoms with E-state index in [1.54, 1.807) is 12.1 Å². The number of benzene rings is 1. The van der Waals surface area contributed by atoms with Crippen molar-refractivity contribution in [2.75, 3.05) is 42.9 Å². The summed E-state index contributed by atoms with van der Waals surface area (Å²) in [5, 5.41) is 3.41. The number of aryl methyl sites for hydroxylation is 1. The number of likely N-dealkylation sites (N-methyl/N-ethyl adjacent to an activating group) is 1. The zero-order valence-electron chi connectivity index (χ0n) is 14.6. The van der Waals surface area contributed by atoms with Crippen LogP contribution in [-0.4, -0.2) is 48.5 Å². The highest BCUT2D eigenvalue weighted by Gasteiger charge is 2.17. The molecule has 1 saturated heterocycles. The molecule has 0 atom stereocenters. The highest BCUT2D eigenvalue weighted by atomic mass is 35.5. The second-order valence-corrected chi connectivity index (χ2v) is 6.67. The van der Waals surface area contributed by atoms with Crippen molar-refractivity contribution in [3.05, 3.63) is 52.8 Å². The summed E-state index contributed by atoms with van der Waals surface area (Å²) in [6.45, 7) is 9.56. The van der Waals surface area contributed by atoms with E-state index in [1.165, 1.54) is 11.9 Å². The molecule has 1 amide bonds. The lowest BCUT2D eigenvalue weighted by Crippen LogP contribution is -2.46. The second kappa shape index (κ2) is 7.85.